The quantitative estimate of drug-likeness (QED) is 0.717. The van der Waals surface area contributed by atoms with Gasteiger partial charge in [0.25, 0.3) is 0 Å². The number of methoxy groups -OCH3 is 1. The second kappa shape index (κ2) is 5.74. The minimum absolute atomic E-state index is 0.692. The van der Waals surface area contributed by atoms with Gasteiger partial charge >= 0.3 is 0 Å². The molecule has 1 nitrogen and oxygen atoms in total. The number of halogens is 1. The smallest absolute Gasteiger partial charge is 0.120 e. The minimum atomic E-state index is 0.692. The first-order chi connectivity index (χ1) is 8.69. The predicted octanol–water partition coefficient (Wildman–Crippen LogP) is 4.83. The fourth-order valence-corrected chi connectivity index (χ4v) is 1.87. The van der Waals surface area contributed by atoms with Gasteiger partial charge in [0.05, 0.1) is 12.1 Å². The molecule has 0 N–H and O–H groups in total. The summed E-state index contributed by atoms with van der Waals surface area (Å²) in [6.45, 7) is 2.08. The number of benzene rings is 2. The average molecular weight is 259 g/mol. The molecule has 0 heterocycles. The lowest BCUT2D eigenvalue weighted by atomic mass is 10.1. The van der Waals surface area contributed by atoms with E-state index in [1.807, 2.05) is 30.4 Å². The maximum absolute atomic E-state index is 6.17. The Labute approximate surface area is 113 Å². The second-order valence-corrected chi connectivity index (χ2v) is 4.54. The second-order valence-electron chi connectivity index (χ2n) is 4.13. The van der Waals surface area contributed by atoms with Crippen LogP contribution in [0, 0.1) is 6.92 Å². The normalized spacial score (nSPS) is 10.8. The van der Waals surface area contributed by atoms with Crippen LogP contribution >= 0.6 is 11.6 Å². The van der Waals surface area contributed by atoms with E-state index in [0.29, 0.717) is 5.02 Å². The van der Waals surface area contributed by atoms with E-state index < -0.39 is 0 Å². The molecule has 0 aromatic heterocycles. The fourth-order valence-electron chi connectivity index (χ4n) is 1.63. The molecule has 92 valence electrons. The van der Waals surface area contributed by atoms with Crippen molar-refractivity contribution in [1.82, 2.24) is 0 Å². The lowest BCUT2D eigenvalue weighted by molar-refractivity contribution is 0.415. The van der Waals surface area contributed by atoms with Crippen molar-refractivity contribution in [2.75, 3.05) is 7.11 Å². The fraction of sp³-hybridized carbons (Fsp3) is 0.125. The third kappa shape index (κ3) is 3.14. The number of ether oxygens (including phenoxy) is 1. The highest BCUT2D eigenvalue weighted by Gasteiger charge is 1.98. The Morgan fingerprint density at radius 2 is 1.72 bits per heavy atom. The summed E-state index contributed by atoms with van der Waals surface area (Å²) in [7, 11) is 1.63. The summed E-state index contributed by atoms with van der Waals surface area (Å²) in [5, 5.41) is 0.692. The van der Waals surface area contributed by atoms with Gasteiger partial charge in [0.1, 0.15) is 5.75 Å². The standard InChI is InChI=1S/C16H15ClO/c1-12-3-5-13(6-4-12)7-8-14-9-10-15(18-2)11-16(14)17/h3-11H,1-2H3/b8-7+. The highest BCUT2D eigenvalue weighted by atomic mass is 35.5. The van der Waals surface area contributed by atoms with Gasteiger partial charge < -0.3 is 4.74 Å². The highest BCUT2D eigenvalue weighted by molar-refractivity contribution is 6.32. The zero-order valence-corrected chi connectivity index (χ0v) is 11.2. The molecule has 0 amide bonds. The Balaban J connectivity index is 2.20. The molecular formula is C16H15ClO. The molecule has 0 unspecified atom stereocenters. The number of aryl methyl sites for hydroxylation is 1. The van der Waals surface area contributed by atoms with Crippen LogP contribution in [-0.4, -0.2) is 7.11 Å². The molecule has 2 rings (SSSR count). The first-order valence-corrected chi connectivity index (χ1v) is 6.15. The van der Waals surface area contributed by atoms with Crippen molar-refractivity contribution in [1.29, 1.82) is 0 Å². The van der Waals surface area contributed by atoms with E-state index >= 15 is 0 Å². The van der Waals surface area contributed by atoms with E-state index in [1.54, 1.807) is 7.11 Å². The van der Waals surface area contributed by atoms with Crippen LogP contribution < -0.4 is 4.74 Å². The number of hydrogen-bond acceptors (Lipinski definition) is 1. The van der Waals surface area contributed by atoms with E-state index in [9.17, 15) is 0 Å². The third-order valence-electron chi connectivity index (χ3n) is 2.74. The first-order valence-electron chi connectivity index (χ1n) is 5.77. The molecule has 2 aromatic rings. The van der Waals surface area contributed by atoms with Crippen LogP contribution in [0.2, 0.25) is 5.02 Å². The summed E-state index contributed by atoms with van der Waals surface area (Å²) < 4.78 is 5.12. The van der Waals surface area contributed by atoms with Crippen molar-refractivity contribution in [3.05, 3.63) is 64.2 Å². The van der Waals surface area contributed by atoms with Gasteiger partial charge in [-0.15, -0.1) is 0 Å². The van der Waals surface area contributed by atoms with Gasteiger partial charge in [-0.3, -0.25) is 0 Å². The SMILES string of the molecule is COc1ccc(/C=C/c2ccc(C)cc2)c(Cl)c1. The Morgan fingerprint density at radius 1 is 1.00 bits per heavy atom. The highest BCUT2D eigenvalue weighted by Crippen LogP contribution is 2.24. The van der Waals surface area contributed by atoms with Gasteiger partial charge in [0.15, 0.2) is 0 Å². The molecule has 0 radical (unpaired) electrons. The van der Waals surface area contributed by atoms with Gasteiger partial charge in [0, 0.05) is 0 Å². The maximum Gasteiger partial charge on any atom is 0.120 e. The molecule has 0 aliphatic rings. The zero-order chi connectivity index (χ0) is 13.0. The van der Waals surface area contributed by atoms with Crippen LogP contribution in [0.1, 0.15) is 16.7 Å². The molecule has 0 saturated heterocycles. The van der Waals surface area contributed by atoms with E-state index in [-0.39, 0.29) is 0 Å². The van der Waals surface area contributed by atoms with Crippen LogP contribution in [0.25, 0.3) is 12.2 Å². The summed E-state index contributed by atoms with van der Waals surface area (Å²) in [6.07, 6.45) is 4.06. The molecule has 0 aliphatic heterocycles. The third-order valence-corrected chi connectivity index (χ3v) is 3.07. The Morgan fingerprint density at radius 3 is 2.33 bits per heavy atom. The summed E-state index contributed by atoms with van der Waals surface area (Å²) in [4.78, 5) is 0. The molecule has 0 bridgehead atoms. The molecule has 0 saturated carbocycles. The van der Waals surface area contributed by atoms with Gasteiger partial charge in [-0.2, -0.15) is 0 Å². The largest absolute Gasteiger partial charge is 0.497 e. The average Bonchev–Trinajstić information content (AvgIpc) is 2.39. The lowest BCUT2D eigenvalue weighted by Gasteiger charge is -2.02. The molecule has 0 atom stereocenters. The van der Waals surface area contributed by atoms with E-state index in [2.05, 4.69) is 31.2 Å². The minimum Gasteiger partial charge on any atom is -0.497 e. The van der Waals surface area contributed by atoms with Crippen LogP contribution in [0.5, 0.6) is 5.75 Å². The van der Waals surface area contributed by atoms with Crippen molar-refractivity contribution in [3.8, 4) is 5.75 Å². The topological polar surface area (TPSA) is 9.23 Å². The monoisotopic (exact) mass is 258 g/mol. The number of hydrogen-bond donors (Lipinski definition) is 0. The van der Waals surface area contributed by atoms with Crippen molar-refractivity contribution in [2.24, 2.45) is 0 Å². The Bertz CT molecular complexity index is 556. The van der Waals surface area contributed by atoms with Gasteiger partial charge in [-0.25, -0.2) is 0 Å². The van der Waals surface area contributed by atoms with Crippen molar-refractivity contribution < 1.29 is 4.74 Å². The van der Waals surface area contributed by atoms with Gasteiger partial charge in [-0.05, 0) is 36.2 Å². The van der Waals surface area contributed by atoms with E-state index in [1.165, 1.54) is 5.56 Å². The molecule has 0 fully saturated rings. The summed E-state index contributed by atoms with van der Waals surface area (Å²) >= 11 is 6.17. The van der Waals surface area contributed by atoms with E-state index in [0.717, 1.165) is 16.9 Å². The lowest BCUT2D eigenvalue weighted by Crippen LogP contribution is -1.83. The molecular weight excluding hydrogens is 244 g/mol. The zero-order valence-electron chi connectivity index (χ0n) is 10.5. The maximum atomic E-state index is 6.17. The van der Waals surface area contributed by atoms with E-state index in [4.69, 9.17) is 16.3 Å². The molecule has 0 spiro atoms. The molecule has 2 heteroatoms. The van der Waals surface area contributed by atoms with Crippen molar-refractivity contribution >= 4 is 23.8 Å². The summed E-state index contributed by atoms with van der Waals surface area (Å²) in [5.41, 5.74) is 3.40. The predicted molar refractivity (Wildman–Crippen MR) is 78.1 cm³/mol. The first kappa shape index (κ1) is 12.7. The van der Waals surface area contributed by atoms with Gasteiger partial charge in [0.2, 0.25) is 0 Å². The molecule has 0 aliphatic carbocycles. The van der Waals surface area contributed by atoms with Crippen molar-refractivity contribution in [2.45, 2.75) is 6.92 Å². The van der Waals surface area contributed by atoms with Crippen LogP contribution in [0.15, 0.2) is 42.5 Å². The van der Waals surface area contributed by atoms with Crippen LogP contribution in [0.4, 0.5) is 0 Å². The summed E-state index contributed by atoms with van der Waals surface area (Å²) in [6, 6.07) is 14.0. The van der Waals surface area contributed by atoms with Gasteiger partial charge in [-0.1, -0.05) is 53.6 Å². The summed E-state index contributed by atoms with van der Waals surface area (Å²) in [5.74, 6) is 0.771. The van der Waals surface area contributed by atoms with Crippen LogP contribution in [0.3, 0.4) is 0 Å². The molecule has 2 aromatic carbocycles. The molecule has 18 heavy (non-hydrogen) atoms. The Kier molecular flexibility index (Phi) is 4.06. The van der Waals surface area contributed by atoms with Crippen molar-refractivity contribution in [3.63, 3.8) is 0 Å². The number of rotatable bonds is 3. The Hall–Kier alpha value is -1.73. The van der Waals surface area contributed by atoms with Crippen LogP contribution in [-0.2, 0) is 0 Å².